The van der Waals surface area contributed by atoms with Gasteiger partial charge in [-0.1, -0.05) is 48.5 Å². The number of pyridine rings is 1. The van der Waals surface area contributed by atoms with Gasteiger partial charge in [0.1, 0.15) is 18.4 Å². The third kappa shape index (κ3) is 6.42. The van der Waals surface area contributed by atoms with Gasteiger partial charge in [0.15, 0.2) is 0 Å². The first kappa shape index (κ1) is 23.9. The average Bonchev–Trinajstić information content (AvgIpc) is 3.32. The normalized spacial score (nSPS) is 11.5. The maximum Gasteiger partial charge on any atom is 0.408 e. The molecule has 2 heterocycles. The van der Waals surface area contributed by atoms with Gasteiger partial charge < -0.3 is 20.1 Å². The van der Waals surface area contributed by atoms with Crippen LogP contribution in [0.4, 0.5) is 4.79 Å². The largest absolute Gasteiger partial charge is 0.445 e. The minimum atomic E-state index is -1.17. The number of benzene rings is 2. The molecule has 0 saturated heterocycles. The second-order valence-electron chi connectivity index (χ2n) is 7.66. The first-order chi connectivity index (χ1) is 17.0. The van der Waals surface area contributed by atoms with Gasteiger partial charge in [-0.15, -0.1) is 11.3 Å². The number of nitrogens with zero attached hydrogens (tertiary/aromatic N) is 1. The maximum absolute atomic E-state index is 12.8. The van der Waals surface area contributed by atoms with E-state index < -0.39 is 18.1 Å². The SMILES string of the molecule is Cc1ccnc2cc(C(=O)NCC(NC(=O)OCc3ccccc3)C(=O)Oc3ccccc3)sc12. The lowest BCUT2D eigenvalue weighted by Crippen LogP contribution is -2.50. The number of thiophene rings is 1. The van der Waals surface area contributed by atoms with Crippen molar-refractivity contribution in [1.29, 1.82) is 0 Å². The molecule has 1 atom stereocenters. The Morgan fingerprint density at radius 3 is 2.43 bits per heavy atom. The molecule has 1 unspecified atom stereocenters. The molecule has 0 radical (unpaired) electrons. The summed E-state index contributed by atoms with van der Waals surface area (Å²) in [6, 6.07) is 20.0. The molecular formula is C26H23N3O5S. The molecule has 0 aliphatic rings. The Bertz CT molecular complexity index is 1320. The van der Waals surface area contributed by atoms with E-state index >= 15 is 0 Å². The lowest BCUT2D eigenvalue weighted by Gasteiger charge is -2.18. The number of rotatable bonds is 8. The summed E-state index contributed by atoms with van der Waals surface area (Å²) >= 11 is 1.31. The molecule has 4 aromatic rings. The molecule has 2 amide bonds. The van der Waals surface area contributed by atoms with Crippen molar-refractivity contribution in [2.45, 2.75) is 19.6 Å². The number of esters is 1. The monoisotopic (exact) mass is 489 g/mol. The molecule has 0 saturated carbocycles. The number of hydrogen-bond acceptors (Lipinski definition) is 7. The molecule has 0 spiro atoms. The Labute approximate surface area is 205 Å². The number of aryl methyl sites for hydroxylation is 1. The molecule has 2 aromatic heterocycles. The van der Waals surface area contributed by atoms with Crippen LogP contribution >= 0.6 is 11.3 Å². The van der Waals surface area contributed by atoms with Gasteiger partial charge in [-0.05, 0) is 42.3 Å². The van der Waals surface area contributed by atoms with E-state index in [4.69, 9.17) is 9.47 Å². The maximum atomic E-state index is 12.8. The van der Waals surface area contributed by atoms with E-state index in [1.54, 1.807) is 42.6 Å². The fourth-order valence-electron chi connectivity index (χ4n) is 3.23. The molecule has 0 aliphatic carbocycles. The van der Waals surface area contributed by atoms with Crippen molar-refractivity contribution < 1.29 is 23.9 Å². The van der Waals surface area contributed by atoms with Crippen LogP contribution in [0.1, 0.15) is 20.8 Å². The zero-order valence-electron chi connectivity index (χ0n) is 18.9. The fraction of sp³-hybridized carbons (Fsp3) is 0.154. The van der Waals surface area contributed by atoms with Crippen LogP contribution in [0.5, 0.6) is 5.75 Å². The molecule has 4 rings (SSSR count). The number of nitrogens with one attached hydrogen (secondary N) is 2. The highest BCUT2D eigenvalue weighted by atomic mass is 32.1. The Balaban J connectivity index is 1.42. The minimum absolute atomic E-state index is 0.0353. The van der Waals surface area contributed by atoms with E-state index in [-0.39, 0.29) is 19.1 Å². The number of fused-ring (bicyclic) bond motifs is 1. The van der Waals surface area contributed by atoms with E-state index in [0.29, 0.717) is 10.6 Å². The summed E-state index contributed by atoms with van der Waals surface area (Å²) in [7, 11) is 0. The number of carbonyl (C=O) groups excluding carboxylic acids is 3. The number of para-hydroxylation sites is 1. The van der Waals surface area contributed by atoms with Crippen LogP contribution in [0.2, 0.25) is 0 Å². The number of ether oxygens (including phenoxy) is 2. The van der Waals surface area contributed by atoms with Gasteiger partial charge >= 0.3 is 12.1 Å². The molecule has 9 heteroatoms. The standard InChI is InChI=1S/C26H23N3O5S/c1-17-12-13-27-20-14-22(35-23(17)20)24(30)28-15-21(25(31)34-19-10-6-3-7-11-19)29-26(32)33-16-18-8-4-2-5-9-18/h2-14,21H,15-16H2,1H3,(H,28,30)(H,29,32). The van der Waals surface area contributed by atoms with Gasteiger partial charge in [0.05, 0.1) is 15.1 Å². The number of aromatic nitrogens is 1. The first-order valence-electron chi connectivity index (χ1n) is 10.9. The van der Waals surface area contributed by atoms with Gasteiger partial charge in [0, 0.05) is 12.7 Å². The van der Waals surface area contributed by atoms with Crippen LogP contribution in [-0.2, 0) is 16.1 Å². The topological polar surface area (TPSA) is 107 Å². The van der Waals surface area contributed by atoms with E-state index in [0.717, 1.165) is 21.3 Å². The molecule has 178 valence electrons. The van der Waals surface area contributed by atoms with Crippen molar-refractivity contribution in [1.82, 2.24) is 15.6 Å². The predicted octanol–water partition coefficient (Wildman–Crippen LogP) is 4.24. The Hall–Kier alpha value is -4.24. The van der Waals surface area contributed by atoms with E-state index in [1.165, 1.54) is 11.3 Å². The van der Waals surface area contributed by atoms with Gasteiger partial charge in [-0.3, -0.25) is 9.78 Å². The summed E-state index contributed by atoms with van der Waals surface area (Å²) < 4.78 is 11.5. The number of alkyl carbamates (subject to hydrolysis) is 1. The van der Waals surface area contributed by atoms with Gasteiger partial charge in [-0.25, -0.2) is 9.59 Å². The highest BCUT2D eigenvalue weighted by Crippen LogP contribution is 2.26. The first-order valence-corrected chi connectivity index (χ1v) is 11.7. The zero-order chi connectivity index (χ0) is 24.6. The van der Waals surface area contributed by atoms with Gasteiger partial charge in [0.25, 0.3) is 5.91 Å². The molecule has 35 heavy (non-hydrogen) atoms. The number of amides is 2. The van der Waals surface area contributed by atoms with Crippen LogP contribution in [0.3, 0.4) is 0 Å². The molecule has 8 nitrogen and oxygen atoms in total. The molecular weight excluding hydrogens is 466 g/mol. The van der Waals surface area contributed by atoms with Crippen molar-refractivity contribution in [3.8, 4) is 5.75 Å². The van der Waals surface area contributed by atoms with Crippen LogP contribution in [0.25, 0.3) is 10.2 Å². The van der Waals surface area contributed by atoms with E-state index in [2.05, 4.69) is 15.6 Å². The quantitative estimate of drug-likeness (QED) is 0.283. The van der Waals surface area contributed by atoms with Crippen LogP contribution < -0.4 is 15.4 Å². The van der Waals surface area contributed by atoms with Gasteiger partial charge in [-0.2, -0.15) is 0 Å². The van der Waals surface area contributed by atoms with Crippen molar-refractivity contribution in [3.63, 3.8) is 0 Å². The summed E-state index contributed by atoms with van der Waals surface area (Å²) in [5.74, 6) is -0.800. The second-order valence-corrected chi connectivity index (χ2v) is 8.71. The molecule has 2 aromatic carbocycles. The summed E-state index contributed by atoms with van der Waals surface area (Å²) in [6.45, 7) is 1.79. The summed E-state index contributed by atoms with van der Waals surface area (Å²) in [5.41, 5.74) is 2.54. The second kappa shape index (κ2) is 11.3. The van der Waals surface area contributed by atoms with Crippen molar-refractivity contribution in [2.75, 3.05) is 6.54 Å². The Morgan fingerprint density at radius 2 is 1.71 bits per heavy atom. The third-order valence-electron chi connectivity index (χ3n) is 5.05. The van der Waals surface area contributed by atoms with Crippen LogP contribution in [-0.4, -0.2) is 35.5 Å². The van der Waals surface area contributed by atoms with Crippen LogP contribution in [0, 0.1) is 6.92 Å². The molecule has 0 bridgehead atoms. The number of hydrogen-bond donors (Lipinski definition) is 2. The lowest BCUT2D eigenvalue weighted by atomic mass is 10.2. The van der Waals surface area contributed by atoms with Crippen molar-refractivity contribution >= 4 is 39.5 Å². The summed E-state index contributed by atoms with van der Waals surface area (Å²) in [4.78, 5) is 42.7. The fourth-order valence-corrected chi connectivity index (χ4v) is 4.24. The Kier molecular flexibility index (Phi) is 7.69. The third-order valence-corrected chi connectivity index (χ3v) is 6.31. The predicted molar refractivity (Wildman–Crippen MR) is 132 cm³/mol. The highest BCUT2D eigenvalue weighted by Gasteiger charge is 2.25. The zero-order valence-corrected chi connectivity index (χ0v) is 19.7. The smallest absolute Gasteiger partial charge is 0.408 e. The number of carbonyl (C=O) groups is 3. The van der Waals surface area contributed by atoms with Crippen molar-refractivity contribution in [2.24, 2.45) is 0 Å². The van der Waals surface area contributed by atoms with E-state index in [9.17, 15) is 14.4 Å². The molecule has 2 N–H and O–H groups in total. The van der Waals surface area contributed by atoms with Crippen molar-refractivity contribution in [3.05, 3.63) is 95.0 Å². The summed E-state index contributed by atoms with van der Waals surface area (Å²) in [6.07, 6.45) is 0.881. The minimum Gasteiger partial charge on any atom is -0.445 e. The summed E-state index contributed by atoms with van der Waals surface area (Å²) in [5, 5.41) is 5.19. The average molecular weight is 490 g/mol. The van der Waals surface area contributed by atoms with Crippen LogP contribution in [0.15, 0.2) is 79.0 Å². The Morgan fingerprint density at radius 1 is 1.00 bits per heavy atom. The molecule has 0 fully saturated rings. The highest BCUT2D eigenvalue weighted by molar-refractivity contribution is 7.21. The van der Waals surface area contributed by atoms with E-state index in [1.807, 2.05) is 43.3 Å². The molecule has 0 aliphatic heterocycles. The van der Waals surface area contributed by atoms with Gasteiger partial charge in [0.2, 0.25) is 0 Å². The lowest BCUT2D eigenvalue weighted by molar-refractivity contribution is -0.136.